The first-order valence-corrected chi connectivity index (χ1v) is 6.25. The SMILES string of the molecule is C#CCN(CC(=O)O)CC(=O)NC(C)c1ccccc1. The van der Waals surface area contributed by atoms with Gasteiger partial charge in [0.2, 0.25) is 5.91 Å². The lowest BCUT2D eigenvalue weighted by Crippen LogP contribution is -2.40. The van der Waals surface area contributed by atoms with Gasteiger partial charge in [-0.3, -0.25) is 14.5 Å². The molecule has 0 bridgehead atoms. The molecule has 2 N–H and O–H groups in total. The van der Waals surface area contributed by atoms with Crippen molar-refractivity contribution in [2.45, 2.75) is 13.0 Å². The Labute approximate surface area is 118 Å². The molecule has 5 nitrogen and oxygen atoms in total. The van der Waals surface area contributed by atoms with Gasteiger partial charge in [0.05, 0.1) is 25.7 Å². The van der Waals surface area contributed by atoms with E-state index in [1.54, 1.807) is 0 Å². The van der Waals surface area contributed by atoms with E-state index in [9.17, 15) is 9.59 Å². The summed E-state index contributed by atoms with van der Waals surface area (Å²) in [5, 5.41) is 11.6. The van der Waals surface area contributed by atoms with Crippen LogP contribution in [0.15, 0.2) is 30.3 Å². The van der Waals surface area contributed by atoms with Crippen LogP contribution in [-0.4, -0.2) is 41.5 Å². The fourth-order valence-corrected chi connectivity index (χ4v) is 1.80. The largest absolute Gasteiger partial charge is 0.480 e. The number of rotatable bonds is 7. The normalized spacial score (nSPS) is 11.7. The highest BCUT2D eigenvalue weighted by Crippen LogP contribution is 2.10. The third-order valence-electron chi connectivity index (χ3n) is 2.72. The summed E-state index contributed by atoms with van der Waals surface area (Å²) < 4.78 is 0. The van der Waals surface area contributed by atoms with Crippen LogP contribution in [0.5, 0.6) is 0 Å². The highest BCUT2D eigenvalue weighted by molar-refractivity contribution is 5.79. The van der Waals surface area contributed by atoms with Crippen LogP contribution in [0, 0.1) is 12.3 Å². The van der Waals surface area contributed by atoms with Crippen molar-refractivity contribution >= 4 is 11.9 Å². The number of hydrogen-bond acceptors (Lipinski definition) is 3. The second-order valence-corrected chi connectivity index (χ2v) is 4.44. The first-order valence-electron chi connectivity index (χ1n) is 6.25. The van der Waals surface area contributed by atoms with Crippen LogP contribution in [0.2, 0.25) is 0 Å². The molecule has 5 heteroatoms. The number of hydrogen-bond donors (Lipinski definition) is 2. The lowest BCUT2D eigenvalue weighted by Gasteiger charge is -2.19. The number of terminal acetylenes is 1. The molecule has 0 aliphatic rings. The van der Waals surface area contributed by atoms with E-state index in [1.165, 1.54) is 4.90 Å². The third kappa shape index (κ3) is 5.55. The van der Waals surface area contributed by atoms with Crippen LogP contribution in [0.25, 0.3) is 0 Å². The van der Waals surface area contributed by atoms with Gasteiger partial charge in [-0.15, -0.1) is 6.42 Å². The molecule has 0 saturated carbocycles. The molecule has 20 heavy (non-hydrogen) atoms. The maximum Gasteiger partial charge on any atom is 0.317 e. The van der Waals surface area contributed by atoms with Crippen LogP contribution in [0.3, 0.4) is 0 Å². The Hall–Kier alpha value is -2.32. The van der Waals surface area contributed by atoms with Crippen molar-refractivity contribution in [1.29, 1.82) is 0 Å². The molecule has 1 unspecified atom stereocenters. The fourth-order valence-electron chi connectivity index (χ4n) is 1.80. The molecule has 0 aliphatic heterocycles. The molecule has 0 aliphatic carbocycles. The maximum absolute atomic E-state index is 11.9. The lowest BCUT2D eigenvalue weighted by atomic mass is 10.1. The molecule has 1 atom stereocenters. The van der Waals surface area contributed by atoms with Gasteiger partial charge in [0, 0.05) is 0 Å². The molecule has 0 fully saturated rings. The standard InChI is InChI=1S/C15H18N2O3/c1-3-9-17(11-15(19)20)10-14(18)16-12(2)13-7-5-4-6-8-13/h1,4-8,12H,9-11H2,2H3,(H,16,18)(H,19,20). The van der Waals surface area contributed by atoms with Crippen LogP contribution in [-0.2, 0) is 9.59 Å². The van der Waals surface area contributed by atoms with E-state index in [0.717, 1.165) is 5.56 Å². The van der Waals surface area contributed by atoms with Gasteiger partial charge in [-0.1, -0.05) is 36.3 Å². The van der Waals surface area contributed by atoms with Gasteiger partial charge in [-0.2, -0.15) is 0 Å². The van der Waals surface area contributed by atoms with E-state index in [-0.39, 0.29) is 31.6 Å². The summed E-state index contributed by atoms with van der Waals surface area (Å²) >= 11 is 0. The number of carboxylic acid groups (broad SMARTS) is 1. The van der Waals surface area contributed by atoms with E-state index in [1.807, 2.05) is 37.3 Å². The molecule has 1 rings (SSSR count). The topological polar surface area (TPSA) is 69.6 Å². The van der Waals surface area contributed by atoms with E-state index in [0.29, 0.717) is 0 Å². The predicted molar refractivity (Wildman–Crippen MR) is 75.9 cm³/mol. The van der Waals surface area contributed by atoms with Crippen LogP contribution >= 0.6 is 0 Å². The van der Waals surface area contributed by atoms with Gasteiger partial charge in [0.25, 0.3) is 0 Å². The Balaban J connectivity index is 2.53. The quantitative estimate of drug-likeness (QED) is 0.724. The summed E-state index contributed by atoms with van der Waals surface area (Å²) in [7, 11) is 0. The molecule has 0 spiro atoms. The van der Waals surface area contributed by atoms with Crippen molar-refractivity contribution in [3.05, 3.63) is 35.9 Å². The molecule has 0 radical (unpaired) electrons. The first kappa shape index (κ1) is 15.7. The lowest BCUT2D eigenvalue weighted by molar-refractivity contribution is -0.138. The van der Waals surface area contributed by atoms with Gasteiger partial charge < -0.3 is 10.4 Å². The van der Waals surface area contributed by atoms with Crippen molar-refractivity contribution in [3.63, 3.8) is 0 Å². The molecule has 1 amide bonds. The Kier molecular flexibility index (Phi) is 6.27. The summed E-state index contributed by atoms with van der Waals surface area (Å²) in [6.07, 6.45) is 5.16. The monoisotopic (exact) mass is 274 g/mol. The molecule has 1 aromatic carbocycles. The van der Waals surface area contributed by atoms with E-state index < -0.39 is 5.97 Å². The highest BCUT2D eigenvalue weighted by atomic mass is 16.4. The summed E-state index contributed by atoms with van der Waals surface area (Å²) in [5.74, 6) is 1.08. The Bertz CT molecular complexity index is 494. The molecule has 0 aromatic heterocycles. The van der Waals surface area contributed by atoms with E-state index in [2.05, 4.69) is 11.2 Å². The number of carboxylic acids is 1. The summed E-state index contributed by atoms with van der Waals surface area (Å²) in [6, 6.07) is 9.39. The molecular formula is C15H18N2O3. The summed E-state index contributed by atoms with van der Waals surface area (Å²) in [4.78, 5) is 23.9. The zero-order valence-corrected chi connectivity index (χ0v) is 11.4. The smallest absolute Gasteiger partial charge is 0.317 e. The molecule has 0 heterocycles. The summed E-state index contributed by atoms with van der Waals surface area (Å²) in [5.41, 5.74) is 0.989. The molecular weight excluding hydrogens is 256 g/mol. The minimum Gasteiger partial charge on any atom is -0.480 e. The number of aliphatic carboxylic acids is 1. The molecule has 1 aromatic rings. The third-order valence-corrected chi connectivity index (χ3v) is 2.72. The highest BCUT2D eigenvalue weighted by Gasteiger charge is 2.15. The van der Waals surface area contributed by atoms with Crippen molar-refractivity contribution < 1.29 is 14.7 Å². The predicted octanol–water partition coefficient (Wildman–Crippen LogP) is 0.884. The van der Waals surface area contributed by atoms with Crippen LogP contribution in [0.4, 0.5) is 0 Å². The van der Waals surface area contributed by atoms with E-state index in [4.69, 9.17) is 11.5 Å². The van der Waals surface area contributed by atoms with Gasteiger partial charge in [0.15, 0.2) is 0 Å². The maximum atomic E-state index is 11.9. The zero-order chi connectivity index (χ0) is 15.0. The Morgan fingerprint density at radius 2 is 2.00 bits per heavy atom. The number of benzene rings is 1. The van der Waals surface area contributed by atoms with Crippen LogP contribution in [0.1, 0.15) is 18.5 Å². The minimum absolute atomic E-state index is 0.0341. The number of amides is 1. The summed E-state index contributed by atoms with van der Waals surface area (Å²) in [6.45, 7) is 1.71. The van der Waals surface area contributed by atoms with Gasteiger partial charge >= 0.3 is 5.97 Å². The van der Waals surface area contributed by atoms with Crippen molar-refractivity contribution in [2.75, 3.05) is 19.6 Å². The van der Waals surface area contributed by atoms with Gasteiger partial charge in [0.1, 0.15) is 0 Å². The average Bonchev–Trinajstić information content (AvgIpc) is 2.39. The first-order chi connectivity index (χ1) is 9.52. The Morgan fingerprint density at radius 1 is 1.35 bits per heavy atom. The number of nitrogens with one attached hydrogen (secondary N) is 1. The average molecular weight is 274 g/mol. The van der Waals surface area contributed by atoms with Crippen molar-refractivity contribution in [1.82, 2.24) is 10.2 Å². The molecule has 0 saturated heterocycles. The second kappa shape index (κ2) is 7.97. The Morgan fingerprint density at radius 3 is 2.55 bits per heavy atom. The number of carbonyl (C=O) groups is 2. The van der Waals surface area contributed by atoms with Crippen molar-refractivity contribution in [3.8, 4) is 12.3 Å². The van der Waals surface area contributed by atoms with Gasteiger partial charge in [-0.25, -0.2) is 0 Å². The van der Waals surface area contributed by atoms with Crippen LogP contribution < -0.4 is 5.32 Å². The molecule has 106 valence electrons. The minimum atomic E-state index is -1.01. The van der Waals surface area contributed by atoms with Gasteiger partial charge in [-0.05, 0) is 12.5 Å². The fraction of sp³-hybridized carbons (Fsp3) is 0.333. The van der Waals surface area contributed by atoms with E-state index >= 15 is 0 Å². The number of nitrogens with zero attached hydrogens (tertiary/aromatic N) is 1. The second-order valence-electron chi connectivity index (χ2n) is 4.44. The number of carbonyl (C=O) groups excluding carboxylic acids is 1. The van der Waals surface area contributed by atoms with Crippen molar-refractivity contribution in [2.24, 2.45) is 0 Å². The zero-order valence-electron chi connectivity index (χ0n) is 11.4.